The first-order chi connectivity index (χ1) is 8.92. The van der Waals surface area contributed by atoms with E-state index in [1.807, 2.05) is 24.4 Å². The van der Waals surface area contributed by atoms with Crippen molar-refractivity contribution in [2.24, 2.45) is 0 Å². The highest BCUT2D eigenvalue weighted by atomic mass is 32.2. The van der Waals surface area contributed by atoms with E-state index < -0.39 is 10.0 Å². The van der Waals surface area contributed by atoms with Gasteiger partial charge in [0.2, 0.25) is 10.0 Å². The van der Waals surface area contributed by atoms with E-state index in [-0.39, 0.29) is 10.9 Å². The largest absolute Gasteiger partial charge is 0.398 e. The summed E-state index contributed by atoms with van der Waals surface area (Å²) in [7, 11) is -3.56. The van der Waals surface area contributed by atoms with Crippen LogP contribution < -0.4 is 10.5 Å². The smallest absolute Gasteiger partial charge is 0.241 e. The third-order valence-corrected chi connectivity index (χ3v) is 5.66. The second-order valence-electron chi connectivity index (χ2n) is 4.33. The summed E-state index contributed by atoms with van der Waals surface area (Å²) >= 11 is 1.52. The number of nitrogens with one attached hydrogen (secondary N) is 1. The van der Waals surface area contributed by atoms with E-state index in [2.05, 4.69) is 4.72 Å². The van der Waals surface area contributed by atoms with Gasteiger partial charge in [0.15, 0.2) is 0 Å². The fraction of sp³-hybridized carbons (Fsp3) is 0.231. The summed E-state index contributed by atoms with van der Waals surface area (Å²) in [6.45, 7) is 3.53. The normalized spacial score (nSPS) is 13.4. The summed E-state index contributed by atoms with van der Waals surface area (Å²) < 4.78 is 27.4. The number of sulfonamides is 1. The third-order valence-electron chi connectivity index (χ3n) is 2.92. The van der Waals surface area contributed by atoms with Crippen LogP contribution in [-0.2, 0) is 10.0 Å². The summed E-state index contributed by atoms with van der Waals surface area (Å²) in [5, 5.41) is 1.92. The van der Waals surface area contributed by atoms with Crippen LogP contribution in [0.1, 0.15) is 23.4 Å². The highest BCUT2D eigenvalue weighted by Crippen LogP contribution is 2.24. The van der Waals surface area contributed by atoms with Gasteiger partial charge >= 0.3 is 0 Å². The number of thiophene rings is 1. The van der Waals surface area contributed by atoms with Gasteiger partial charge in [-0.15, -0.1) is 11.3 Å². The molecule has 1 atom stereocenters. The van der Waals surface area contributed by atoms with Crippen LogP contribution >= 0.6 is 11.3 Å². The zero-order chi connectivity index (χ0) is 14.0. The Bertz CT molecular complexity index is 664. The zero-order valence-electron chi connectivity index (χ0n) is 10.8. The minimum absolute atomic E-state index is 0.232. The minimum Gasteiger partial charge on any atom is -0.398 e. The maximum Gasteiger partial charge on any atom is 0.241 e. The molecule has 0 saturated carbocycles. The van der Waals surface area contributed by atoms with Crippen molar-refractivity contribution >= 4 is 27.0 Å². The molecule has 6 heteroatoms. The van der Waals surface area contributed by atoms with Gasteiger partial charge in [0, 0.05) is 10.6 Å². The Balaban J connectivity index is 2.31. The highest BCUT2D eigenvalue weighted by Gasteiger charge is 2.21. The third kappa shape index (κ3) is 2.97. The van der Waals surface area contributed by atoms with Crippen LogP contribution in [0.15, 0.2) is 40.6 Å². The average Bonchev–Trinajstić information content (AvgIpc) is 2.85. The summed E-state index contributed by atoms with van der Waals surface area (Å²) in [4.78, 5) is 1.21. The van der Waals surface area contributed by atoms with Crippen molar-refractivity contribution in [3.05, 3.63) is 46.2 Å². The molecule has 0 aliphatic rings. The molecule has 19 heavy (non-hydrogen) atoms. The maximum atomic E-state index is 12.3. The Morgan fingerprint density at radius 3 is 2.63 bits per heavy atom. The van der Waals surface area contributed by atoms with Gasteiger partial charge in [-0.1, -0.05) is 12.1 Å². The van der Waals surface area contributed by atoms with Gasteiger partial charge in [0.05, 0.1) is 10.9 Å². The van der Waals surface area contributed by atoms with E-state index in [0.717, 1.165) is 4.88 Å². The molecular formula is C13H16N2O2S2. The second-order valence-corrected chi connectivity index (χ2v) is 6.99. The van der Waals surface area contributed by atoms with Crippen LogP contribution in [0.25, 0.3) is 0 Å². The molecule has 0 radical (unpaired) electrons. The highest BCUT2D eigenvalue weighted by molar-refractivity contribution is 7.89. The summed E-state index contributed by atoms with van der Waals surface area (Å²) in [6, 6.07) is 8.45. The van der Waals surface area contributed by atoms with Crippen LogP contribution in [0, 0.1) is 6.92 Å². The van der Waals surface area contributed by atoms with Crippen molar-refractivity contribution in [1.29, 1.82) is 0 Å². The van der Waals surface area contributed by atoms with E-state index >= 15 is 0 Å². The number of rotatable bonds is 4. The van der Waals surface area contributed by atoms with Crippen molar-refractivity contribution in [1.82, 2.24) is 4.72 Å². The van der Waals surface area contributed by atoms with Gasteiger partial charge in [0.25, 0.3) is 0 Å². The number of hydrogen-bond donors (Lipinski definition) is 2. The molecule has 1 aromatic heterocycles. The molecule has 0 fully saturated rings. The minimum atomic E-state index is -3.56. The van der Waals surface area contributed by atoms with Gasteiger partial charge in [0.1, 0.15) is 0 Å². The first-order valence-corrected chi connectivity index (χ1v) is 8.19. The number of hydrogen-bond acceptors (Lipinski definition) is 4. The SMILES string of the molecule is Cc1c(N)cccc1S(=O)(=O)NC(C)c1cccs1. The van der Waals surface area contributed by atoms with Crippen LogP contribution in [0.4, 0.5) is 5.69 Å². The lowest BCUT2D eigenvalue weighted by Gasteiger charge is -2.15. The number of anilines is 1. The molecule has 3 N–H and O–H groups in total. The van der Waals surface area contributed by atoms with Crippen molar-refractivity contribution in [2.75, 3.05) is 5.73 Å². The molecule has 2 rings (SSSR count). The van der Waals surface area contributed by atoms with E-state index in [4.69, 9.17) is 5.73 Å². The van der Waals surface area contributed by atoms with E-state index in [1.54, 1.807) is 25.1 Å². The predicted molar refractivity (Wildman–Crippen MR) is 78.6 cm³/mol. The van der Waals surface area contributed by atoms with Crippen molar-refractivity contribution in [3.8, 4) is 0 Å². The monoisotopic (exact) mass is 296 g/mol. The number of nitrogen functional groups attached to an aromatic ring is 1. The lowest BCUT2D eigenvalue weighted by Crippen LogP contribution is -2.27. The Hall–Kier alpha value is -1.37. The molecule has 102 valence electrons. The Labute approximate surface area is 117 Å². The van der Waals surface area contributed by atoms with E-state index in [1.165, 1.54) is 11.3 Å². The summed E-state index contributed by atoms with van der Waals surface area (Å²) in [5.41, 5.74) is 6.81. The van der Waals surface area contributed by atoms with Gasteiger partial charge in [-0.2, -0.15) is 0 Å². The molecule has 1 unspecified atom stereocenters. The first-order valence-electron chi connectivity index (χ1n) is 5.82. The molecule has 0 bridgehead atoms. The van der Waals surface area contributed by atoms with E-state index in [0.29, 0.717) is 11.3 Å². The Morgan fingerprint density at radius 1 is 1.26 bits per heavy atom. The second kappa shape index (κ2) is 5.32. The molecule has 1 aromatic carbocycles. The lowest BCUT2D eigenvalue weighted by molar-refractivity contribution is 0.568. The summed E-state index contributed by atoms with van der Waals surface area (Å²) in [5.74, 6) is 0. The van der Waals surface area contributed by atoms with Crippen LogP contribution in [0.2, 0.25) is 0 Å². The molecule has 0 saturated heterocycles. The molecule has 0 aliphatic carbocycles. The van der Waals surface area contributed by atoms with Crippen molar-refractivity contribution in [2.45, 2.75) is 24.8 Å². The first kappa shape index (κ1) is 14.0. The van der Waals surface area contributed by atoms with Crippen LogP contribution in [0.5, 0.6) is 0 Å². The van der Waals surface area contributed by atoms with Crippen molar-refractivity contribution in [3.63, 3.8) is 0 Å². The molecule has 4 nitrogen and oxygen atoms in total. The van der Waals surface area contributed by atoms with Gasteiger partial charge in [-0.3, -0.25) is 0 Å². The molecule has 1 heterocycles. The molecular weight excluding hydrogens is 280 g/mol. The zero-order valence-corrected chi connectivity index (χ0v) is 12.4. The standard InChI is InChI=1S/C13H16N2O2S2/c1-9-11(14)5-3-7-13(9)19(16,17)15-10(2)12-6-4-8-18-12/h3-8,10,15H,14H2,1-2H3. The number of nitrogens with two attached hydrogens (primary N) is 1. The Morgan fingerprint density at radius 2 is 2.00 bits per heavy atom. The molecule has 0 aliphatic heterocycles. The topological polar surface area (TPSA) is 72.2 Å². The van der Waals surface area contributed by atoms with Crippen LogP contribution in [-0.4, -0.2) is 8.42 Å². The van der Waals surface area contributed by atoms with Gasteiger partial charge in [-0.25, -0.2) is 13.1 Å². The molecule has 0 spiro atoms. The lowest BCUT2D eigenvalue weighted by atomic mass is 10.2. The van der Waals surface area contributed by atoms with Crippen molar-refractivity contribution < 1.29 is 8.42 Å². The van der Waals surface area contributed by atoms with Gasteiger partial charge in [-0.05, 0) is 43.0 Å². The Kier molecular flexibility index (Phi) is 3.93. The van der Waals surface area contributed by atoms with E-state index in [9.17, 15) is 8.42 Å². The van der Waals surface area contributed by atoms with Crippen LogP contribution in [0.3, 0.4) is 0 Å². The summed E-state index contributed by atoms with van der Waals surface area (Å²) in [6.07, 6.45) is 0. The fourth-order valence-electron chi connectivity index (χ4n) is 1.81. The average molecular weight is 296 g/mol. The quantitative estimate of drug-likeness (QED) is 0.852. The molecule has 0 amide bonds. The predicted octanol–water partition coefficient (Wildman–Crippen LogP) is 2.68. The number of benzene rings is 1. The van der Waals surface area contributed by atoms with Gasteiger partial charge < -0.3 is 5.73 Å². The molecule has 2 aromatic rings. The fourth-order valence-corrected chi connectivity index (χ4v) is 4.12. The maximum absolute atomic E-state index is 12.3.